The van der Waals surface area contributed by atoms with Crippen molar-refractivity contribution in [1.29, 1.82) is 0 Å². The molecule has 2 aliphatic rings. The fourth-order valence-electron chi connectivity index (χ4n) is 3.06. The van der Waals surface area contributed by atoms with Gasteiger partial charge in [-0.15, -0.1) is 0 Å². The smallest absolute Gasteiger partial charge is 0.125 e. The molecule has 1 aromatic rings. The summed E-state index contributed by atoms with van der Waals surface area (Å²) >= 11 is 0. The molecular formula is C15H20FNO2. The van der Waals surface area contributed by atoms with Crippen LogP contribution in [0.1, 0.15) is 25.7 Å². The molecule has 0 saturated carbocycles. The lowest BCUT2D eigenvalue weighted by molar-refractivity contribution is -0.135. The second-order valence-electron chi connectivity index (χ2n) is 5.49. The lowest BCUT2D eigenvalue weighted by atomic mass is 9.84. The fraction of sp³-hybridized carbons (Fsp3) is 0.600. The average Bonchev–Trinajstić information content (AvgIpc) is 2.40. The molecule has 2 saturated heterocycles. The monoisotopic (exact) mass is 265 g/mol. The Morgan fingerprint density at radius 2 is 2.05 bits per heavy atom. The van der Waals surface area contributed by atoms with Crippen LogP contribution in [0.3, 0.4) is 0 Å². The number of hydrogen-bond donors (Lipinski definition) is 1. The fourth-order valence-corrected chi connectivity index (χ4v) is 3.06. The summed E-state index contributed by atoms with van der Waals surface area (Å²) in [6.07, 6.45) is 3.88. The van der Waals surface area contributed by atoms with Crippen LogP contribution in [0.4, 0.5) is 10.1 Å². The third-order valence-electron chi connectivity index (χ3n) is 4.09. The third kappa shape index (κ3) is 3.07. The van der Waals surface area contributed by atoms with Gasteiger partial charge in [-0.2, -0.15) is 0 Å². The normalized spacial score (nSPS) is 26.3. The number of ether oxygens (including phenoxy) is 2. The summed E-state index contributed by atoms with van der Waals surface area (Å²) in [5, 5.41) is 3.43. The van der Waals surface area contributed by atoms with Gasteiger partial charge in [-0.3, -0.25) is 0 Å². The van der Waals surface area contributed by atoms with Crippen LogP contribution in [0.2, 0.25) is 0 Å². The molecule has 4 heteroatoms. The van der Waals surface area contributed by atoms with Gasteiger partial charge in [0, 0.05) is 31.5 Å². The van der Waals surface area contributed by atoms with E-state index in [1.54, 1.807) is 12.1 Å². The molecule has 0 radical (unpaired) electrons. The first kappa shape index (κ1) is 12.9. The topological polar surface area (TPSA) is 30.5 Å². The van der Waals surface area contributed by atoms with Crippen molar-refractivity contribution >= 4 is 5.69 Å². The molecule has 19 heavy (non-hydrogen) atoms. The second kappa shape index (κ2) is 5.47. The zero-order valence-corrected chi connectivity index (χ0v) is 11.0. The van der Waals surface area contributed by atoms with Crippen molar-refractivity contribution in [2.24, 2.45) is 0 Å². The molecule has 1 atom stereocenters. The van der Waals surface area contributed by atoms with E-state index in [-0.39, 0.29) is 11.4 Å². The number of anilines is 1. The Balaban J connectivity index is 1.65. The summed E-state index contributed by atoms with van der Waals surface area (Å²) in [7, 11) is 0. The molecule has 0 bridgehead atoms. The predicted octanol–water partition coefficient (Wildman–Crippen LogP) is 2.97. The van der Waals surface area contributed by atoms with Crippen molar-refractivity contribution in [2.75, 3.05) is 25.1 Å². The highest BCUT2D eigenvalue weighted by Gasteiger charge is 2.38. The van der Waals surface area contributed by atoms with Gasteiger partial charge in [0.15, 0.2) is 0 Å². The lowest BCUT2D eigenvalue weighted by Gasteiger charge is -2.43. The van der Waals surface area contributed by atoms with E-state index in [1.165, 1.54) is 6.07 Å². The number of benzene rings is 1. The van der Waals surface area contributed by atoms with Crippen LogP contribution in [-0.4, -0.2) is 31.5 Å². The number of nitrogens with one attached hydrogen (secondary N) is 1. The van der Waals surface area contributed by atoms with Crippen LogP contribution < -0.4 is 5.32 Å². The van der Waals surface area contributed by atoms with E-state index in [4.69, 9.17) is 9.47 Å². The first-order valence-corrected chi connectivity index (χ1v) is 7.00. The van der Waals surface area contributed by atoms with Gasteiger partial charge in [-0.1, -0.05) is 6.07 Å². The molecule has 1 spiro atoms. The summed E-state index contributed by atoms with van der Waals surface area (Å²) in [6.45, 7) is 2.34. The maximum Gasteiger partial charge on any atom is 0.125 e. The minimum atomic E-state index is -0.196. The van der Waals surface area contributed by atoms with Gasteiger partial charge >= 0.3 is 0 Å². The van der Waals surface area contributed by atoms with E-state index in [0.29, 0.717) is 6.04 Å². The summed E-state index contributed by atoms with van der Waals surface area (Å²) in [4.78, 5) is 0. The summed E-state index contributed by atoms with van der Waals surface area (Å²) in [5.41, 5.74) is 0.829. The molecule has 3 nitrogen and oxygen atoms in total. The molecular weight excluding hydrogens is 245 g/mol. The van der Waals surface area contributed by atoms with E-state index in [9.17, 15) is 4.39 Å². The van der Waals surface area contributed by atoms with Crippen LogP contribution >= 0.6 is 0 Å². The molecule has 1 aromatic carbocycles. The van der Waals surface area contributed by atoms with Crippen LogP contribution in [0.25, 0.3) is 0 Å². The van der Waals surface area contributed by atoms with Crippen molar-refractivity contribution in [3.63, 3.8) is 0 Å². The summed E-state index contributed by atoms with van der Waals surface area (Å²) < 4.78 is 24.6. The molecule has 1 unspecified atom stereocenters. The maximum atomic E-state index is 13.2. The van der Waals surface area contributed by atoms with Crippen LogP contribution in [0, 0.1) is 5.82 Å². The van der Waals surface area contributed by atoms with Gasteiger partial charge in [-0.05, 0) is 43.9 Å². The van der Waals surface area contributed by atoms with Crippen LogP contribution in [0.5, 0.6) is 0 Å². The molecule has 2 fully saturated rings. The van der Waals surface area contributed by atoms with Crippen molar-refractivity contribution in [1.82, 2.24) is 0 Å². The van der Waals surface area contributed by atoms with Gasteiger partial charge in [0.05, 0.1) is 5.60 Å². The van der Waals surface area contributed by atoms with E-state index in [1.807, 2.05) is 6.07 Å². The average molecular weight is 265 g/mol. The quantitative estimate of drug-likeness (QED) is 0.891. The zero-order chi connectivity index (χ0) is 13.1. The SMILES string of the molecule is Fc1cccc(NC2CCOC3(CCOCC3)C2)c1. The molecule has 2 heterocycles. The Morgan fingerprint density at radius 1 is 1.21 bits per heavy atom. The Labute approximate surface area is 113 Å². The molecule has 0 aromatic heterocycles. The molecule has 2 aliphatic heterocycles. The predicted molar refractivity (Wildman–Crippen MR) is 71.8 cm³/mol. The molecule has 0 amide bonds. The van der Waals surface area contributed by atoms with Crippen LogP contribution in [0.15, 0.2) is 24.3 Å². The molecule has 0 aliphatic carbocycles. The number of hydrogen-bond acceptors (Lipinski definition) is 3. The third-order valence-corrected chi connectivity index (χ3v) is 4.09. The highest BCUT2D eigenvalue weighted by molar-refractivity contribution is 5.44. The first-order valence-electron chi connectivity index (χ1n) is 7.00. The largest absolute Gasteiger partial charge is 0.382 e. The minimum absolute atomic E-state index is 0.0263. The van der Waals surface area contributed by atoms with E-state index in [2.05, 4.69) is 5.32 Å². The number of halogens is 1. The number of rotatable bonds is 2. The Morgan fingerprint density at radius 3 is 2.84 bits per heavy atom. The van der Waals surface area contributed by atoms with Gasteiger partial charge in [-0.25, -0.2) is 4.39 Å². The van der Waals surface area contributed by atoms with Crippen molar-refractivity contribution in [3.8, 4) is 0 Å². The Hall–Kier alpha value is -1.13. The Bertz CT molecular complexity index is 426. The molecule has 1 N–H and O–H groups in total. The van der Waals surface area contributed by atoms with Crippen molar-refractivity contribution in [3.05, 3.63) is 30.1 Å². The minimum Gasteiger partial charge on any atom is -0.382 e. The zero-order valence-electron chi connectivity index (χ0n) is 11.0. The van der Waals surface area contributed by atoms with Gasteiger partial charge in [0.2, 0.25) is 0 Å². The molecule has 3 rings (SSSR count). The van der Waals surface area contributed by atoms with E-state index >= 15 is 0 Å². The molecule has 104 valence electrons. The van der Waals surface area contributed by atoms with Gasteiger partial charge in [0.25, 0.3) is 0 Å². The van der Waals surface area contributed by atoms with Crippen LogP contribution in [-0.2, 0) is 9.47 Å². The lowest BCUT2D eigenvalue weighted by Crippen LogP contribution is -2.47. The highest BCUT2D eigenvalue weighted by Crippen LogP contribution is 2.35. The van der Waals surface area contributed by atoms with E-state index in [0.717, 1.165) is 51.2 Å². The van der Waals surface area contributed by atoms with Gasteiger partial charge < -0.3 is 14.8 Å². The summed E-state index contributed by atoms with van der Waals surface area (Å²) in [6, 6.07) is 7.02. The van der Waals surface area contributed by atoms with Gasteiger partial charge in [0.1, 0.15) is 5.82 Å². The maximum absolute atomic E-state index is 13.2. The summed E-state index contributed by atoms with van der Waals surface area (Å²) in [5.74, 6) is -0.196. The highest BCUT2D eigenvalue weighted by atomic mass is 19.1. The Kier molecular flexibility index (Phi) is 3.71. The first-order chi connectivity index (χ1) is 9.26. The van der Waals surface area contributed by atoms with Crippen molar-refractivity contribution < 1.29 is 13.9 Å². The standard InChI is InChI=1S/C15H20FNO2/c16-12-2-1-3-13(10-12)17-14-4-7-19-15(11-14)5-8-18-9-6-15/h1-3,10,14,17H,4-9,11H2. The van der Waals surface area contributed by atoms with Crippen molar-refractivity contribution in [2.45, 2.75) is 37.3 Å². The van der Waals surface area contributed by atoms with E-state index < -0.39 is 0 Å². The second-order valence-corrected chi connectivity index (χ2v) is 5.49.